The summed E-state index contributed by atoms with van der Waals surface area (Å²) in [6, 6.07) is 0. The van der Waals surface area contributed by atoms with Crippen molar-refractivity contribution in [2.24, 2.45) is 0 Å². The highest BCUT2D eigenvalue weighted by Crippen LogP contribution is 2.03. The molecular formula is C8H18O4S. The van der Waals surface area contributed by atoms with E-state index in [2.05, 4.69) is 4.18 Å². The Morgan fingerprint density at radius 1 is 1.31 bits per heavy atom. The van der Waals surface area contributed by atoms with Crippen molar-refractivity contribution in [2.45, 2.75) is 38.7 Å². The van der Waals surface area contributed by atoms with Crippen LogP contribution in [0.3, 0.4) is 0 Å². The van der Waals surface area contributed by atoms with E-state index in [4.69, 9.17) is 5.11 Å². The molecule has 0 aliphatic heterocycles. The van der Waals surface area contributed by atoms with Crippen LogP contribution in [0.1, 0.15) is 32.6 Å². The molecule has 0 heterocycles. The minimum absolute atomic E-state index is 0.249. The Balaban J connectivity index is 3.18. The van der Waals surface area contributed by atoms with Crippen LogP contribution in [-0.2, 0) is 14.3 Å². The molecule has 0 spiro atoms. The van der Waals surface area contributed by atoms with E-state index in [1.807, 2.05) is 0 Å². The first kappa shape index (κ1) is 12.9. The molecule has 1 atom stereocenters. The van der Waals surface area contributed by atoms with Gasteiger partial charge in [-0.1, -0.05) is 12.8 Å². The molecule has 0 aromatic heterocycles. The molecule has 0 aliphatic rings. The minimum Gasteiger partial charge on any atom is -0.393 e. The molecule has 4 nitrogen and oxygen atoms in total. The molecule has 0 saturated carbocycles. The van der Waals surface area contributed by atoms with Crippen molar-refractivity contribution < 1.29 is 17.7 Å². The largest absolute Gasteiger partial charge is 0.393 e. The zero-order valence-electron chi connectivity index (χ0n) is 8.19. The van der Waals surface area contributed by atoms with Gasteiger partial charge in [0.25, 0.3) is 10.1 Å². The lowest BCUT2D eigenvalue weighted by Crippen LogP contribution is -2.04. The monoisotopic (exact) mass is 210 g/mol. The molecule has 0 aromatic rings. The fourth-order valence-electron chi connectivity index (χ4n) is 0.929. The number of hydrogen-bond acceptors (Lipinski definition) is 4. The predicted molar refractivity (Wildman–Crippen MR) is 50.9 cm³/mol. The molecule has 80 valence electrons. The Bertz CT molecular complexity index is 208. The fourth-order valence-corrected chi connectivity index (χ4v) is 1.35. The van der Waals surface area contributed by atoms with Crippen LogP contribution in [0.15, 0.2) is 0 Å². The number of unbranched alkanes of at least 4 members (excludes halogenated alkanes) is 2. The molecule has 13 heavy (non-hydrogen) atoms. The molecule has 0 aromatic carbocycles. The molecule has 0 saturated heterocycles. The van der Waals surface area contributed by atoms with Gasteiger partial charge in [-0.3, -0.25) is 4.18 Å². The second kappa shape index (κ2) is 6.34. The van der Waals surface area contributed by atoms with Gasteiger partial charge in [-0.15, -0.1) is 0 Å². The lowest BCUT2D eigenvalue weighted by Gasteiger charge is -2.03. The summed E-state index contributed by atoms with van der Waals surface area (Å²) in [6.07, 6.45) is 4.06. The molecule has 0 fully saturated rings. The Morgan fingerprint density at radius 3 is 2.38 bits per heavy atom. The van der Waals surface area contributed by atoms with Crippen LogP contribution in [0.5, 0.6) is 0 Å². The van der Waals surface area contributed by atoms with E-state index in [9.17, 15) is 8.42 Å². The molecule has 0 aliphatic carbocycles. The highest BCUT2D eigenvalue weighted by molar-refractivity contribution is 7.85. The summed E-state index contributed by atoms with van der Waals surface area (Å²) in [6.45, 7) is 1.99. The summed E-state index contributed by atoms with van der Waals surface area (Å²) in [4.78, 5) is 0. The van der Waals surface area contributed by atoms with Crippen molar-refractivity contribution in [3.8, 4) is 0 Å². The van der Waals surface area contributed by atoms with E-state index in [-0.39, 0.29) is 12.7 Å². The van der Waals surface area contributed by atoms with Crippen molar-refractivity contribution >= 4 is 10.1 Å². The maximum absolute atomic E-state index is 10.5. The average Bonchev–Trinajstić information content (AvgIpc) is 1.93. The van der Waals surface area contributed by atoms with Crippen LogP contribution in [0, 0.1) is 0 Å². The van der Waals surface area contributed by atoms with Gasteiger partial charge < -0.3 is 5.11 Å². The zero-order chi connectivity index (χ0) is 10.3. The SMILES string of the molecule is CC(O)CCCCCOS(C)(=O)=O. The van der Waals surface area contributed by atoms with E-state index in [0.717, 1.165) is 31.9 Å². The Hall–Kier alpha value is -0.130. The summed E-state index contributed by atoms with van der Waals surface area (Å²) in [7, 11) is -3.28. The fraction of sp³-hybridized carbons (Fsp3) is 1.00. The number of hydrogen-bond donors (Lipinski definition) is 1. The molecule has 0 rings (SSSR count). The van der Waals surface area contributed by atoms with Crippen LogP contribution in [0.2, 0.25) is 0 Å². The van der Waals surface area contributed by atoms with Crippen LogP contribution >= 0.6 is 0 Å². The Morgan fingerprint density at radius 2 is 1.92 bits per heavy atom. The van der Waals surface area contributed by atoms with E-state index in [0.29, 0.717) is 0 Å². The highest BCUT2D eigenvalue weighted by Gasteiger charge is 2.00. The average molecular weight is 210 g/mol. The number of aliphatic hydroxyl groups is 1. The molecule has 0 amide bonds. The first-order valence-electron chi connectivity index (χ1n) is 4.44. The molecule has 0 bridgehead atoms. The van der Waals surface area contributed by atoms with Gasteiger partial charge in [0.05, 0.1) is 19.0 Å². The zero-order valence-corrected chi connectivity index (χ0v) is 9.01. The lowest BCUT2D eigenvalue weighted by atomic mass is 10.1. The summed E-state index contributed by atoms with van der Waals surface area (Å²) in [5.41, 5.74) is 0. The Labute approximate surface area is 80.0 Å². The van der Waals surface area contributed by atoms with Gasteiger partial charge in [-0.2, -0.15) is 8.42 Å². The standard InChI is InChI=1S/C8H18O4S/c1-8(9)6-4-3-5-7-12-13(2,10)11/h8-9H,3-7H2,1-2H3. The van der Waals surface area contributed by atoms with Crippen LogP contribution in [-0.4, -0.2) is 32.5 Å². The predicted octanol–water partition coefficient (Wildman–Crippen LogP) is 0.904. The third-order valence-corrected chi connectivity index (χ3v) is 2.16. The molecule has 0 radical (unpaired) electrons. The van der Waals surface area contributed by atoms with Crippen molar-refractivity contribution in [2.75, 3.05) is 12.9 Å². The van der Waals surface area contributed by atoms with Crippen molar-refractivity contribution in [3.63, 3.8) is 0 Å². The van der Waals surface area contributed by atoms with Crippen molar-refractivity contribution in [3.05, 3.63) is 0 Å². The van der Waals surface area contributed by atoms with Crippen molar-refractivity contribution in [1.82, 2.24) is 0 Å². The summed E-state index contributed by atoms with van der Waals surface area (Å²) in [5, 5.41) is 8.91. The van der Waals surface area contributed by atoms with Crippen LogP contribution in [0.4, 0.5) is 0 Å². The maximum atomic E-state index is 10.5. The van der Waals surface area contributed by atoms with Gasteiger partial charge in [0.1, 0.15) is 0 Å². The van der Waals surface area contributed by atoms with Crippen LogP contribution in [0.25, 0.3) is 0 Å². The second-order valence-electron chi connectivity index (χ2n) is 3.22. The smallest absolute Gasteiger partial charge is 0.264 e. The normalized spacial score (nSPS) is 14.4. The quantitative estimate of drug-likeness (QED) is 0.501. The summed E-state index contributed by atoms with van der Waals surface area (Å²) < 4.78 is 25.6. The molecule has 1 N–H and O–H groups in total. The maximum Gasteiger partial charge on any atom is 0.264 e. The summed E-state index contributed by atoms with van der Waals surface area (Å²) >= 11 is 0. The number of aliphatic hydroxyl groups excluding tert-OH is 1. The Kier molecular flexibility index (Phi) is 6.28. The first-order chi connectivity index (χ1) is 5.92. The topological polar surface area (TPSA) is 63.6 Å². The van der Waals surface area contributed by atoms with Gasteiger partial charge >= 0.3 is 0 Å². The highest BCUT2D eigenvalue weighted by atomic mass is 32.2. The first-order valence-corrected chi connectivity index (χ1v) is 6.26. The van der Waals surface area contributed by atoms with Crippen LogP contribution < -0.4 is 0 Å². The van der Waals surface area contributed by atoms with Gasteiger partial charge in [-0.05, 0) is 19.8 Å². The van der Waals surface area contributed by atoms with Gasteiger partial charge in [0.2, 0.25) is 0 Å². The van der Waals surface area contributed by atoms with E-state index < -0.39 is 10.1 Å². The van der Waals surface area contributed by atoms with E-state index in [1.54, 1.807) is 6.92 Å². The van der Waals surface area contributed by atoms with Crippen molar-refractivity contribution in [1.29, 1.82) is 0 Å². The minimum atomic E-state index is -3.28. The second-order valence-corrected chi connectivity index (χ2v) is 4.87. The van der Waals surface area contributed by atoms with E-state index >= 15 is 0 Å². The molecular weight excluding hydrogens is 192 g/mol. The third kappa shape index (κ3) is 11.9. The summed E-state index contributed by atoms with van der Waals surface area (Å²) in [5.74, 6) is 0. The van der Waals surface area contributed by atoms with Gasteiger partial charge in [0.15, 0.2) is 0 Å². The van der Waals surface area contributed by atoms with Gasteiger partial charge in [-0.25, -0.2) is 0 Å². The number of rotatable bonds is 7. The molecule has 1 unspecified atom stereocenters. The molecule has 5 heteroatoms. The van der Waals surface area contributed by atoms with E-state index in [1.165, 1.54) is 0 Å². The lowest BCUT2D eigenvalue weighted by molar-refractivity contribution is 0.179. The van der Waals surface area contributed by atoms with Gasteiger partial charge in [0, 0.05) is 0 Å². The third-order valence-electron chi connectivity index (χ3n) is 1.56.